The van der Waals surface area contributed by atoms with Gasteiger partial charge in [0.15, 0.2) is 10.2 Å². The molecule has 0 radical (unpaired) electrons. The maximum absolute atomic E-state index is 5.27. The molecule has 0 saturated heterocycles. The van der Waals surface area contributed by atoms with Crippen LogP contribution in [0.5, 0.6) is 0 Å². The summed E-state index contributed by atoms with van der Waals surface area (Å²) in [5.41, 5.74) is 11.4. The fraction of sp³-hybridized carbons (Fsp3) is 0.263. The van der Waals surface area contributed by atoms with Gasteiger partial charge >= 0.3 is 0 Å². The van der Waals surface area contributed by atoms with Gasteiger partial charge in [-0.15, -0.1) is 0 Å². The minimum absolute atomic E-state index is 0.446. The third kappa shape index (κ3) is 5.99. The van der Waals surface area contributed by atoms with Crippen molar-refractivity contribution in [1.82, 2.24) is 10.9 Å². The lowest BCUT2D eigenvalue weighted by atomic mass is 10.0. The van der Waals surface area contributed by atoms with Crippen LogP contribution in [0.4, 0.5) is 11.4 Å². The van der Waals surface area contributed by atoms with Crippen LogP contribution in [0.15, 0.2) is 42.5 Å². The van der Waals surface area contributed by atoms with E-state index in [2.05, 4.69) is 73.4 Å². The molecule has 0 bridgehead atoms. The summed E-state index contributed by atoms with van der Waals surface area (Å²) in [6.45, 7) is 8.48. The molecule has 2 aromatic carbocycles. The molecule has 2 rings (SSSR count). The van der Waals surface area contributed by atoms with Gasteiger partial charge in [-0.3, -0.25) is 10.9 Å². The molecule has 0 spiro atoms. The lowest BCUT2D eigenvalue weighted by Crippen LogP contribution is -2.45. The minimum Gasteiger partial charge on any atom is -0.331 e. The number of rotatable bonds is 3. The van der Waals surface area contributed by atoms with Gasteiger partial charge in [-0.05, 0) is 85.2 Å². The first-order valence-corrected chi connectivity index (χ1v) is 8.98. The molecule has 2 aromatic rings. The molecule has 0 aliphatic rings. The molecule has 4 nitrogen and oxygen atoms in total. The molecule has 0 atom stereocenters. The molecule has 0 amide bonds. The average molecular weight is 373 g/mol. The second kappa shape index (κ2) is 8.78. The van der Waals surface area contributed by atoms with E-state index in [0.717, 1.165) is 11.4 Å². The minimum atomic E-state index is 0.446. The quantitative estimate of drug-likeness (QED) is 0.466. The Morgan fingerprint density at radius 1 is 0.760 bits per heavy atom. The Balaban J connectivity index is 1.80. The van der Waals surface area contributed by atoms with Crippen LogP contribution in [0.3, 0.4) is 0 Å². The van der Waals surface area contributed by atoms with Gasteiger partial charge in [-0.2, -0.15) is 0 Å². The number of hydrogen-bond donors (Lipinski definition) is 4. The van der Waals surface area contributed by atoms with E-state index in [9.17, 15) is 0 Å². The number of aryl methyl sites for hydroxylation is 2. The highest BCUT2D eigenvalue weighted by molar-refractivity contribution is 7.81. The molecule has 0 heterocycles. The first-order valence-electron chi connectivity index (χ1n) is 8.16. The Kier molecular flexibility index (Phi) is 6.73. The summed E-state index contributed by atoms with van der Waals surface area (Å²) >= 11 is 10.5. The van der Waals surface area contributed by atoms with Gasteiger partial charge in [-0.1, -0.05) is 32.0 Å². The highest BCUT2D eigenvalue weighted by Crippen LogP contribution is 2.17. The van der Waals surface area contributed by atoms with E-state index in [1.54, 1.807) is 0 Å². The predicted octanol–water partition coefficient (Wildman–Crippen LogP) is 4.61. The Bertz CT molecular complexity index is 755. The van der Waals surface area contributed by atoms with E-state index < -0.39 is 0 Å². The van der Waals surface area contributed by atoms with Gasteiger partial charge in [0, 0.05) is 11.4 Å². The van der Waals surface area contributed by atoms with Crippen molar-refractivity contribution < 1.29 is 0 Å². The van der Waals surface area contributed by atoms with Crippen molar-refractivity contribution in [2.24, 2.45) is 0 Å². The highest BCUT2D eigenvalue weighted by atomic mass is 32.1. The van der Waals surface area contributed by atoms with Crippen molar-refractivity contribution in [2.45, 2.75) is 33.6 Å². The molecule has 4 N–H and O–H groups in total. The van der Waals surface area contributed by atoms with E-state index in [-0.39, 0.29) is 0 Å². The normalized spacial score (nSPS) is 10.3. The van der Waals surface area contributed by atoms with Crippen molar-refractivity contribution in [3.05, 3.63) is 59.2 Å². The third-order valence-corrected chi connectivity index (χ3v) is 4.30. The van der Waals surface area contributed by atoms with Gasteiger partial charge in [0.05, 0.1) is 0 Å². The second-order valence-electron chi connectivity index (χ2n) is 6.23. The van der Waals surface area contributed by atoms with Gasteiger partial charge in [0.2, 0.25) is 0 Å². The predicted molar refractivity (Wildman–Crippen MR) is 115 cm³/mol. The van der Waals surface area contributed by atoms with Gasteiger partial charge in [-0.25, -0.2) is 0 Å². The first-order chi connectivity index (χ1) is 11.8. The second-order valence-corrected chi connectivity index (χ2v) is 7.05. The summed E-state index contributed by atoms with van der Waals surface area (Å²) in [6.07, 6.45) is 0. The van der Waals surface area contributed by atoms with Crippen molar-refractivity contribution >= 4 is 46.0 Å². The van der Waals surface area contributed by atoms with Crippen LogP contribution in [0.2, 0.25) is 0 Å². The van der Waals surface area contributed by atoms with Gasteiger partial charge < -0.3 is 10.6 Å². The summed E-state index contributed by atoms with van der Waals surface area (Å²) in [5, 5.41) is 7.13. The molecule has 0 unspecified atom stereocenters. The molecule has 0 aliphatic heterocycles. The smallest absolute Gasteiger partial charge is 0.189 e. The van der Waals surface area contributed by atoms with Gasteiger partial charge in [0.1, 0.15) is 0 Å². The standard InChI is InChI=1S/C19H24N4S2/c1-12(2)15-6-9-16(10-7-15)20-18(24)22-23-19(25)21-17-8-5-13(3)14(4)11-17/h5-12H,1-4H3,(H2,20,22,24)(H2,21,23,25). The maximum atomic E-state index is 5.27. The van der Waals surface area contributed by atoms with E-state index in [4.69, 9.17) is 24.4 Å². The molecular weight excluding hydrogens is 348 g/mol. The molecule has 0 fully saturated rings. The molecule has 0 aromatic heterocycles. The molecule has 25 heavy (non-hydrogen) atoms. The summed E-state index contributed by atoms with van der Waals surface area (Å²) in [5.74, 6) is 0.509. The SMILES string of the molecule is Cc1ccc(NC(=S)NNC(=S)Nc2ccc(C(C)C)cc2)cc1C. The number of thiocarbonyl (C=S) groups is 2. The van der Waals surface area contributed by atoms with Crippen LogP contribution in [0.25, 0.3) is 0 Å². The van der Waals surface area contributed by atoms with Crippen LogP contribution < -0.4 is 21.5 Å². The van der Waals surface area contributed by atoms with Crippen LogP contribution in [0.1, 0.15) is 36.5 Å². The van der Waals surface area contributed by atoms with Crippen LogP contribution >= 0.6 is 24.4 Å². The fourth-order valence-corrected chi connectivity index (χ4v) is 2.55. The molecule has 0 aliphatic carbocycles. The largest absolute Gasteiger partial charge is 0.331 e. The monoisotopic (exact) mass is 372 g/mol. The summed E-state index contributed by atoms with van der Waals surface area (Å²) in [6, 6.07) is 14.3. The van der Waals surface area contributed by atoms with E-state index in [1.165, 1.54) is 16.7 Å². The number of anilines is 2. The molecule has 132 valence electrons. The van der Waals surface area contributed by atoms with Crippen molar-refractivity contribution in [2.75, 3.05) is 10.6 Å². The molecule has 0 saturated carbocycles. The average Bonchev–Trinajstić information content (AvgIpc) is 2.57. The van der Waals surface area contributed by atoms with Crippen molar-refractivity contribution in [3.63, 3.8) is 0 Å². The first kappa shape index (κ1) is 19.1. The summed E-state index contributed by atoms with van der Waals surface area (Å²) in [7, 11) is 0. The zero-order valence-electron chi connectivity index (χ0n) is 14.9. The van der Waals surface area contributed by atoms with E-state index in [0.29, 0.717) is 16.1 Å². The van der Waals surface area contributed by atoms with Crippen LogP contribution in [0, 0.1) is 13.8 Å². The number of nitrogens with one attached hydrogen (secondary N) is 4. The number of hydrogen-bond acceptors (Lipinski definition) is 2. The van der Waals surface area contributed by atoms with Crippen LogP contribution in [-0.2, 0) is 0 Å². The van der Waals surface area contributed by atoms with Gasteiger partial charge in [0.25, 0.3) is 0 Å². The molecule has 6 heteroatoms. The Labute approximate surface area is 160 Å². The lowest BCUT2D eigenvalue weighted by molar-refractivity contribution is 0.866. The fourth-order valence-electron chi connectivity index (χ4n) is 2.21. The van der Waals surface area contributed by atoms with E-state index in [1.807, 2.05) is 18.2 Å². The molecular formula is C19H24N4S2. The topological polar surface area (TPSA) is 48.1 Å². The van der Waals surface area contributed by atoms with Crippen LogP contribution in [-0.4, -0.2) is 10.2 Å². The van der Waals surface area contributed by atoms with Crippen molar-refractivity contribution in [3.8, 4) is 0 Å². The lowest BCUT2D eigenvalue weighted by Gasteiger charge is -2.15. The number of hydrazine groups is 1. The maximum Gasteiger partial charge on any atom is 0.189 e. The number of benzene rings is 2. The third-order valence-electron chi connectivity index (χ3n) is 3.89. The zero-order valence-corrected chi connectivity index (χ0v) is 16.6. The highest BCUT2D eigenvalue weighted by Gasteiger charge is 2.02. The van der Waals surface area contributed by atoms with Crippen molar-refractivity contribution in [1.29, 1.82) is 0 Å². The summed E-state index contributed by atoms with van der Waals surface area (Å²) < 4.78 is 0. The Morgan fingerprint density at radius 3 is 1.80 bits per heavy atom. The Morgan fingerprint density at radius 2 is 1.28 bits per heavy atom. The summed E-state index contributed by atoms with van der Waals surface area (Å²) in [4.78, 5) is 0. The zero-order chi connectivity index (χ0) is 18.4. The van der Waals surface area contributed by atoms with E-state index >= 15 is 0 Å². The Hall–Kier alpha value is -2.18.